The van der Waals surface area contributed by atoms with E-state index in [0.717, 1.165) is 22.7 Å². The molecule has 0 spiro atoms. The fourth-order valence-electron chi connectivity index (χ4n) is 11.2. The van der Waals surface area contributed by atoms with Crippen LogP contribution in [0, 0.1) is 0 Å². The third-order valence-electron chi connectivity index (χ3n) is 14.4. The number of anilines is 3. The molecule has 316 valence electrons. The van der Waals surface area contributed by atoms with Crippen molar-refractivity contribution in [2.45, 2.75) is 19.3 Å². The Kier molecular flexibility index (Phi) is 8.91. The molecule has 2 heteroatoms. The number of para-hydroxylation sites is 2. The lowest BCUT2D eigenvalue weighted by molar-refractivity contribution is 0.660. The lowest BCUT2D eigenvalue weighted by atomic mass is 9.81. The highest BCUT2D eigenvalue weighted by atomic mass is 15.1. The highest BCUT2D eigenvalue weighted by molar-refractivity contribution is 6.16. The summed E-state index contributed by atoms with van der Waals surface area (Å²) in [4.78, 5) is 2.42. The van der Waals surface area contributed by atoms with Crippen LogP contribution in [-0.2, 0) is 5.41 Å². The minimum absolute atomic E-state index is 0.0821. The Morgan fingerprint density at radius 2 is 0.925 bits per heavy atom. The minimum atomic E-state index is -0.0821. The number of benzene rings is 11. The van der Waals surface area contributed by atoms with Crippen molar-refractivity contribution in [3.8, 4) is 50.2 Å². The minimum Gasteiger partial charge on any atom is -0.310 e. The lowest BCUT2D eigenvalue weighted by Gasteiger charge is -2.27. The van der Waals surface area contributed by atoms with E-state index in [4.69, 9.17) is 0 Å². The predicted molar refractivity (Wildman–Crippen MR) is 284 cm³/mol. The summed E-state index contributed by atoms with van der Waals surface area (Å²) in [5.74, 6) is 0. The molecule has 1 aliphatic carbocycles. The van der Waals surface area contributed by atoms with E-state index in [-0.39, 0.29) is 5.41 Å². The van der Waals surface area contributed by atoms with E-state index in [0.29, 0.717) is 0 Å². The quantitative estimate of drug-likeness (QED) is 0.145. The molecule has 2 nitrogen and oxygen atoms in total. The summed E-state index contributed by atoms with van der Waals surface area (Å²) in [5.41, 5.74) is 19.4. The van der Waals surface area contributed by atoms with Gasteiger partial charge in [-0.3, -0.25) is 0 Å². The monoisotopic (exact) mass is 854 g/mol. The molecule has 11 aromatic carbocycles. The number of hydrogen-bond donors (Lipinski definition) is 0. The fourth-order valence-corrected chi connectivity index (χ4v) is 11.2. The van der Waals surface area contributed by atoms with Crippen LogP contribution in [0.4, 0.5) is 17.1 Å². The molecule has 12 aromatic rings. The van der Waals surface area contributed by atoms with Crippen molar-refractivity contribution in [2.75, 3.05) is 4.90 Å². The average molecular weight is 855 g/mol. The molecule has 1 aliphatic rings. The zero-order chi connectivity index (χ0) is 44.6. The van der Waals surface area contributed by atoms with Gasteiger partial charge in [-0.15, -0.1) is 0 Å². The van der Waals surface area contributed by atoms with Crippen molar-refractivity contribution in [2.24, 2.45) is 0 Å². The Bertz CT molecular complexity index is 3890. The number of hydrogen-bond acceptors (Lipinski definition) is 1. The molecular formula is C65H46N2. The Morgan fingerprint density at radius 3 is 1.78 bits per heavy atom. The third-order valence-corrected chi connectivity index (χ3v) is 14.4. The Balaban J connectivity index is 0.962. The fraction of sp³-hybridized carbons (Fsp3) is 0.0462. The zero-order valence-electron chi connectivity index (χ0n) is 37.5. The molecule has 0 atom stereocenters. The van der Waals surface area contributed by atoms with E-state index in [9.17, 15) is 0 Å². The van der Waals surface area contributed by atoms with E-state index < -0.39 is 0 Å². The molecule has 1 heterocycles. The van der Waals surface area contributed by atoms with Crippen molar-refractivity contribution in [3.05, 3.63) is 254 Å². The van der Waals surface area contributed by atoms with Crippen LogP contribution in [0.1, 0.15) is 25.0 Å². The summed E-state index contributed by atoms with van der Waals surface area (Å²) in [7, 11) is 0. The van der Waals surface area contributed by atoms with Crippen molar-refractivity contribution in [1.82, 2.24) is 4.57 Å². The lowest BCUT2D eigenvalue weighted by Crippen LogP contribution is -2.14. The van der Waals surface area contributed by atoms with Crippen LogP contribution in [0.15, 0.2) is 243 Å². The van der Waals surface area contributed by atoms with E-state index in [1.165, 1.54) is 99.0 Å². The molecule has 0 radical (unpaired) electrons. The Morgan fingerprint density at radius 1 is 0.328 bits per heavy atom. The van der Waals surface area contributed by atoms with Gasteiger partial charge < -0.3 is 9.47 Å². The maximum Gasteiger partial charge on any atom is 0.0547 e. The molecule has 0 aliphatic heterocycles. The standard InChI is InChI=1S/C65H46N2/c1-65(2)60-29-10-8-24-57(60)58-39-35-46(42-61(58)65)45-17-12-21-50(40-45)66(49-36-32-44(33-37-49)53-26-14-28-55-52-23-7-6-16-43(52)34-38-56(53)55)51-22-13-18-47(41-51)54-27-15-31-63-64(54)59-25-9-11-30-62(59)67(63)48-19-4-3-5-20-48/h3-42H,1-2H3. The first kappa shape index (κ1) is 39.0. The topological polar surface area (TPSA) is 8.17 Å². The van der Waals surface area contributed by atoms with Gasteiger partial charge in [0.1, 0.15) is 0 Å². The number of aromatic nitrogens is 1. The molecule has 1 aromatic heterocycles. The van der Waals surface area contributed by atoms with Crippen molar-refractivity contribution in [3.63, 3.8) is 0 Å². The summed E-state index contributed by atoms with van der Waals surface area (Å²) in [5, 5.41) is 7.56. The second kappa shape index (κ2) is 15.3. The van der Waals surface area contributed by atoms with E-state index in [2.05, 4.69) is 266 Å². The summed E-state index contributed by atoms with van der Waals surface area (Å²) in [6.07, 6.45) is 0. The van der Waals surface area contributed by atoms with Gasteiger partial charge in [0, 0.05) is 38.9 Å². The van der Waals surface area contributed by atoms with Gasteiger partial charge in [-0.2, -0.15) is 0 Å². The van der Waals surface area contributed by atoms with Gasteiger partial charge >= 0.3 is 0 Å². The number of rotatable bonds is 7. The molecule has 67 heavy (non-hydrogen) atoms. The number of fused-ring (bicyclic) bond motifs is 9. The summed E-state index contributed by atoms with van der Waals surface area (Å²) in [6, 6.07) is 89.4. The van der Waals surface area contributed by atoms with Gasteiger partial charge in [0.05, 0.1) is 11.0 Å². The van der Waals surface area contributed by atoms with Crippen LogP contribution in [0.5, 0.6) is 0 Å². The Hall–Kier alpha value is -8.46. The van der Waals surface area contributed by atoms with Gasteiger partial charge in [0.2, 0.25) is 0 Å². The molecule has 0 unspecified atom stereocenters. The molecule has 0 fully saturated rings. The maximum absolute atomic E-state index is 2.42. The first-order valence-electron chi connectivity index (χ1n) is 23.3. The van der Waals surface area contributed by atoms with Gasteiger partial charge in [-0.1, -0.05) is 190 Å². The number of nitrogens with zero attached hydrogens (tertiary/aromatic N) is 2. The molecule has 0 saturated carbocycles. The molecule has 13 rings (SSSR count). The largest absolute Gasteiger partial charge is 0.310 e. The molecular weight excluding hydrogens is 809 g/mol. The van der Waals surface area contributed by atoms with Gasteiger partial charge in [-0.25, -0.2) is 0 Å². The van der Waals surface area contributed by atoms with Crippen LogP contribution < -0.4 is 4.90 Å². The SMILES string of the molecule is CC1(C)c2ccccc2-c2ccc(-c3cccc(N(c4ccc(-c5cccc6c5ccc5ccccc56)cc4)c4cccc(-c5cccc6c5c5ccccc5n6-c5ccccc5)c4)c3)cc21. The molecule has 0 N–H and O–H groups in total. The molecule has 0 amide bonds. The highest BCUT2D eigenvalue weighted by Crippen LogP contribution is 2.50. The average Bonchev–Trinajstić information content (AvgIpc) is 3.85. The smallest absolute Gasteiger partial charge is 0.0547 e. The van der Waals surface area contributed by atoms with Crippen LogP contribution in [0.2, 0.25) is 0 Å². The summed E-state index contributed by atoms with van der Waals surface area (Å²) < 4.78 is 2.40. The maximum atomic E-state index is 2.42. The highest BCUT2D eigenvalue weighted by Gasteiger charge is 2.35. The van der Waals surface area contributed by atoms with E-state index in [1.54, 1.807) is 0 Å². The van der Waals surface area contributed by atoms with Gasteiger partial charge in [0.25, 0.3) is 0 Å². The molecule has 0 saturated heterocycles. The first-order chi connectivity index (χ1) is 33.0. The van der Waals surface area contributed by atoms with Crippen LogP contribution in [0.3, 0.4) is 0 Å². The van der Waals surface area contributed by atoms with E-state index >= 15 is 0 Å². The van der Waals surface area contributed by atoms with Crippen LogP contribution in [0.25, 0.3) is 93.5 Å². The second-order valence-corrected chi connectivity index (χ2v) is 18.5. The Labute approximate surface area is 391 Å². The normalized spacial score (nSPS) is 12.7. The van der Waals surface area contributed by atoms with Crippen LogP contribution in [-0.4, -0.2) is 4.57 Å². The first-order valence-corrected chi connectivity index (χ1v) is 23.3. The zero-order valence-corrected chi connectivity index (χ0v) is 37.5. The van der Waals surface area contributed by atoms with Crippen molar-refractivity contribution >= 4 is 60.4 Å². The second-order valence-electron chi connectivity index (χ2n) is 18.5. The third kappa shape index (κ3) is 6.25. The van der Waals surface area contributed by atoms with E-state index in [1.807, 2.05) is 0 Å². The van der Waals surface area contributed by atoms with Crippen molar-refractivity contribution < 1.29 is 0 Å². The van der Waals surface area contributed by atoms with Crippen molar-refractivity contribution in [1.29, 1.82) is 0 Å². The summed E-state index contributed by atoms with van der Waals surface area (Å²) >= 11 is 0. The molecule has 0 bridgehead atoms. The van der Waals surface area contributed by atoms with Crippen LogP contribution >= 0.6 is 0 Å². The predicted octanol–water partition coefficient (Wildman–Crippen LogP) is 17.9. The summed E-state index contributed by atoms with van der Waals surface area (Å²) in [6.45, 7) is 4.72. The van der Waals surface area contributed by atoms with Gasteiger partial charge in [0.15, 0.2) is 0 Å². The van der Waals surface area contributed by atoms with Gasteiger partial charge in [-0.05, 0) is 144 Å².